The van der Waals surface area contributed by atoms with Crippen LogP contribution in [0, 0.1) is 6.92 Å². The Morgan fingerprint density at radius 1 is 1.32 bits per heavy atom. The molecule has 1 aromatic heterocycles. The highest BCUT2D eigenvalue weighted by Crippen LogP contribution is 2.34. The lowest BCUT2D eigenvalue weighted by atomic mass is 9.92. The fourth-order valence-electron chi connectivity index (χ4n) is 3.59. The third kappa shape index (κ3) is 6.76. The van der Waals surface area contributed by atoms with E-state index in [1.165, 1.54) is 0 Å². The van der Waals surface area contributed by atoms with Gasteiger partial charge >= 0.3 is 0 Å². The van der Waals surface area contributed by atoms with Crippen LogP contribution in [0.25, 0.3) is 4.91 Å². The van der Waals surface area contributed by atoms with Crippen molar-refractivity contribution in [2.24, 2.45) is 0 Å². The first-order valence-corrected chi connectivity index (χ1v) is 12.5. The molecule has 0 amide bonds. The number of hydrogen-bond acceptors (Lipinski definition) is 6. The standard InChI is InChI=1S/C28H33NO4S/c1-6-9-24(10-7-2)33-28(5,21(4)30)19-22-12-14-23(15-13-22)31-17-16-25-20(3)32-27(29-25)26-11-8-18-34-26/h6-7,9-15H,1,8,16-19H2,2-5H3/b10-7-,24-9+/t28-/m0/s1. The number of aryl methyl sites for hydroxylation is 1. The normalized spacial score (nSPS) is 15.8. The van der Waals surface area contributed by atoms with Gasteiger partial charge in [-0.1, -0.05) is 36.9 Å². The molecule has 34 heavy (non-hydrogen) atoms. The van der Waals surface area contributed by atoms with Gasteiger partial charge in [-0.05, 0) is 64.0 Å². The largest absolute Gasteiger partial charge is 0.493 e. The van der Waals surface area contributed by atoms with Crippen molar-refractivity contribution in [1.29, 1.82) is 0 Å². The minimum atomic E-state index is -0.980. The Bertz CT molecular complexity index is 1090. The third-order valence-corrected chi connectivity index (χ3v) is 6.67. The van der Waals surface area contributed by atoms with Crippen LogP contribution in [0.2, 0.25) is 0 Å². The zero-order chi connectivity index (χ0) is 24.6. The smallest absolute Gasteiger partial charge is 0.232 e. The van der Waals surface area contributed by atoms with Crippen molar-refractivity contribution in [1.82, 2.24) is 4.98 Å². The van der Waals surface area contributed by atoms with Gasteiger partial charge in [-0.2, -0.15) is 0 Å². The van der Waals surface area contributed by atoms with Gasteiger partial charge in [-0.15, -0.1) is 11.8 Å². The third-order valence-electron chi connectivity index (χ3n) is 5.58. The maximum Gasteiger partial charge on any atom is 0.232 e. The van der Waals surface area contributed by atoms with E-state index in [-0.39, 0.29) is 5.78 Å². The minimum absolute atomic E-state index is 0.0404. The number of hydrogen-bond donors (Lipinski definition) is 0. The highest BCUT2D eigenvalue weighted by atomic mass is 32.2. The molecule has 0 radical (unpaired) electrons. The Morgan fingerprint density at radius 3 is 2.71 bits per heavy atom. The van der Waals surface area contributed by atoms with Gasteiger partial charge in [0.15, 0.2) is 11.4 Å². The second-order valence-electron chi connectivity index (χ2n) is 8.34. The number of carbonyl (C=O) groups excluding carboxylic acids is 1. The molecule has 2 heterocycles. The van der Waals surface area contributed by atoms with Gasteiger partial charge in [-0.3, -0.25) is 4.79 Å². The number of thioether (sulfide) groups is 1. The number of benzene rings is 1. The predicted octanol–water partition coefficient (Wildman–Crippen LogP) is 6.64. The Labute approximate surface area is 206 Å². The molecule has 0 N–H and O–H groups in total. The molecule has 3 rings (SSSR count). The van der Waals surface area contributed by atoms with E-state index in [1.54, 1.807) is 30.8 Å². The average molecular weight is 480 g/mol. The van der Waals surface area contributed by atoms with Crippen molar-refractivity contribution in [2.45, 2.75) is 52.6 Å². The fraction of sp³-hybridized carbons (Fsp3) is 0.357. The van der Waals surface area contributed by atoms with Gasteiger partial charge in [0.25, 0.3) is 0 Å². The van der Waals surface area contributed by atoms with Crippen LogP contribution in [-0.2, 0) is 22.4 Å². The van der Waals surface area contributed by atoms with Crippen molar-refractivity contribution in [2.75, 3.05) is 12.4 Å². The Kier molecular flexibility index (Phi) is 8.99. The van der Waals surface area contributed by atoms with Crippen LogP contribution in [0.3, 0.4) is 0 Å². The van der Waals surface area contributed by atoms with Crippen LogP contribution in [-0.4, -0.2) is 28.7 Å². The maximum atomic E-state index is 12.4. The number of nitrogens with zero attached hydrogens (tertiary/aromatic N) is 1. The highest BCUT2D eigenvalue weighted by Gasteiger charge is 2.32. The number of oxazole rings is 1. The molecule has 180 valence electrons. The first-order chi connectivity index (χ1) is 16.3. The first kappa shape index (κ1) is 25.6. The summed E-state index contributed by atoms with van der Waals surface area (Å²) in [6.07, 6.45) is 11.5. The molecule has 2 aromatic rings. The molecule has 0 unspecified atom stereocenters. The predicted molar refractivity (Wildman–Crippen MR) is 139 cm³/mol. The van der Waals surface area contributed by atoms with Crippen LogP contribution >= 0.6 is 11.8 Å². The lowest BCUT2D eigenvalue weighted by molar-refractivity contribution is -0.135. The molecule has 1 aromatic carbocycles. The van der Waals surface area contributed by atoms with Crippen LogP contribution in [0.15, 0.2) is 71.4 Å². The van der Waals surface area contributed by atoms with E-state index in [2.05, 4.69) is 17.6 Å². The summed E-state index contributed by atoms with van der Waals surface area (Å²) in [5, 5.41) is 0. The van der Waals surface area contributed by atoms with Gasteiger partial charge < -0.3 is 13.9 Å². The van der Waals surface area contributed by atoms with Crippen LogP contribution < -0.4 is 4.74 Å². The molecule has 0 bridgehead atoms. The Hall–Kier alpha value is -2.99. The highest BCUT2D eigenvalue weighted by molar-refractivity contribution is 8.08. The van der Waals surface area contributed by atoms with E-state index < -0.39 is 5.60 Å². The molecule has 1 aliphatic rings. The van der Waals surface area contributed by atoms with E-state index in [4.69, 9.17) is 13.9 Å². The van der Waals surface area contributed by atoms with Crippen LogP contribution in [0.1, 0.15) is 50.1 Å². The summed E-state index contributed by atoms with van der Waals surface area (Å²) >= 11 is 1.79. The number of allylic oxidation sites excluding steroid dienone is 5. The second kappa shape index (κ2) is 11.9. The summed E-state index contributed by atoms with van der Waals surface area (Å²) in [7, 11) is 0. The van der Waals surface area contributed by atoms with E-state index >= 15 is 0 Å². The summed E-state index contributed by atoms with van der Waals surface area (Å²) in [4.78, 5) is 18.2. The summed E-state index contributed by atoms with van der Waals surface area (Å²) in [6, 6.07) is 7.78. The molecule has 0 saturated heterocycles. The Balaban J connectivity index is 1.58. The van der Waals surface area contributed by atoms with Crippen molar-refractivity contribution in [3.8, 4) is 5.75 Å². The number of rotatable bonds is 12. The Morgan fingerprint density at radius 2 is 2.09 bits per heavy atom. The molecule has 1 atom stereocenters. The molecular formula is C28H33NO4S. The average Bonchev–Trinajstić information content (AvgIpc) is 3.45. The fourth-order valence-corrected chi connectivity index (χ4v) is 4.49. The summed E-state index contributed by atoms with van der Waals surface area (Å²) in [6.45, 7) is 11.4. The van der Waals surface area contributed by atoms with E-state index in [0.29, 0.717) is 25.2 Å². The maximum absolute atomic E-state index is 12.4. The van der Waals surface area contributed by atoms with E-state index in [0.717, 1.165) is 45.7 Å². The van der Waals surface area contributed by atoms with Gasteiger partial charge in [-0.25, -0.2) is 4.98 Å². The molecule has 0 spiro atoms. The molecule has 5 nitrogen and oxygen atoms in total. The number of carbonyl (C=O) groups is 1. The first-order valence-electron chi connectivity index (χ1n) is 11.5. The van der Waals surface area contributed by atoms with E-state index in [9.17, 15) is 4.79 Å². The van der Waals surface area contributed by atoms with Crippen molar-refractivity contribution < 1.29 is 18.7 Å². The molecule has 0 fully saturated rings. The molecule has 0 aliphatic carbocycles. The molecule has 6 heteroatoms. The summed E-state index contributed by atoms with van der Waals surface area (Å²) in [5.74, 6) is 3.98. The molecule has 0 saturated carbocycles. The topological polar surface area (TPSA) is 61.6 Å². The zero-order valence-electron chi connectivity index (χ0n) is 20.4. The monoisotopic (exact) mass is 479 g/mol. The van der Waals surface area contributed by atoms with Crippen molar-refractivity contribution >= 4 is 22.5 Å². The van der Waals surface area contributed by atoms with E-state index in [1.807, 2.05) is 57.2 Å². The van der Waals surface area contributed by atoms with Gasteiger partial charge in [0.1, 0.15) is 17.3 Å². The van der Waals surface area contributed by atoms with Crippen LogP contribution in [0.5, 0.6) is 5.75 Å². The van der Waals surface area contributed by atoms with Crippen LogP contribution in [0.4, 0.5) is 0 Å². The van der Waals surface area contributed by atoms with Gasteiger partial charge in [0.05, 0.1) is 17.2 Å². The summed E-state index contributed by atoms with van der Waals surface area (Å²) < 4.78 is 17.8. The summed E-state index contributed by atoms with van der Waals surface area (Å²) in [5.41, 5.74) is 0.938. The molecular weight excluding hydrogens is 446 g/mol. The number of ketones is 1. The van der Waals surface area contributed by atoms with Crippen molar-refractivity contribution in [3.63, 3.8) is 0 Å². The lowest BCUT2D eigenvalue weighted by Crippen LogP contribution is -2.38. The molecule has 1 aliphatic heterocycles. The zero-order valence-corrected chi connectivity index (χ0v) is 21.2. The lowest BCUT2D eigenvalue weighted by Gasteiger charge is -2.29. The number of Topliss-reactive ketones (excluding diaryl/α,β-unsaturated/α-hetero) is 1. The van der Waals surface area contributed by atoms with Gasteiger partial charge in [0.2, 0.25) is 5.89 Å². The number of aromatic nitrogens is 1. The van der Waals surface area contributed by atoms with Crippen molar-refractivity contribution in [3.05, 3.63) is 89.9 Å². The SMILES string of the molecule is C=C/C=C(\C=C/C)O[C@@](C)(Cc1ccc(OCCc2nc(C3=CCCS3)oc2C)cc1)C(C)=O. The van der Waals surface area contributed by atoms with Gasteiger partial charge in [0, 0.05) is 18.6 Å². The minimum Gasteiger partial charge on any atom is -0.493 e. The second-order valence-corrected chi connectivity index (χ2v) is 9.48. The quantitative estimate of drug-likeness (QED) is 0.251. The number of ether oxygens (including phenoxy) is 2.